The Labute approximate surface area is 661 Å². The molecule has 0 atom stereocenters. The van der Waals surface area contributed by atoms with E-state index in [0.29, 0.717) is 59.8 Å². The van der Waals surface area contributed by atoms with E-state index in [1.165, 1.54) is 0 Å². The Bertz CT molecular complexity index is 5920. The van der Waals surface area contributed by atoms with Crippen LogP contribution in [0.4, 0.5) is 0 Å². The molecule has 2 aliphatic rings. The Morgan fingerprint density at radius 3 is 0.982 bits per heavy atom. The van der Waals surface area contributed by atoms with Crippen LogP contribution in [0.3, 0.4) is 0 Å². The molecule has 562 valence electrons. The zero-order chi connectivity index (χ0) is 79.2. The van der Waals surface area contributed by atoms with E-state index in [1.807, 2.05) is 173 Å². The number of carbonyl (C=O) groups is 6. The molecule has 0 fully saturated rings. The van der Waals surface area contributed by atoms with E-state index in [0.717, 1.165) is 143 Å². The minimum atomic E-state index is -0.102. The van der Waals surface area contributed by atoms with Gasteiger partial charge in [0.1, 0.15) is 34.5 Å². The molecule has 114 heavy (non-hydrogen) atoms. The van der Waals surface area contributed by atoms with E-state index >= 15 is 0 Å². The van der Waals surface area contributed by atoms with Crippen LogP contribution in [-0.4, -0.2) is 62.5 Å². The van der Waals surface area contributed by atoms with Gasteiger partial charge in [-0.05, 0) is 232 Å². The summed E-state index contributed by atoms with van der Waals surface area (Å²) >= 11 is 0. The summed E-state index contributed by atoms with van der Waals surface area (Å²) in [6.07, 6.45) is 22.7. The zero-order valence-electron chi connectivity index (χ0n) is 64.2. The fourth-order valence-corrected chi connectivity index (χ4v) is 14.3. The summed E-state index contributed by atoms with van der Waals surface area (Å²) in [5.74, 6) is 4.33. The molecule has 16 rings (SSSR count). The quantitative estimate of drug-likeness (QED) is 0.0496. The van der Waals surface area contributed by atoms with Crippen LogP contribution < -0.4 is 28.4 Å². The van der Waals surface area contributed by atoms with E-state index in [1.54, 1.807) is 99.2 Å². The van der Waals surface area contributed by atoms with E-state index < -0.39 is 0 Å². The molecule has 0 bridgehead atoms. The molecule has 0 aliphatic carbocycles. The van der Waals surface area contributed by atoms with Crippen LogP contribution in [0.1, 0.15) is 107 Å². The third-order valence-electron chi connectivity index (χ3n) is 20.4. The fraction of sp³-hybridized carbons (Fsp3) is 0.118. The molecule has 0 amide bonds. The molecule has 12 heteroatoms. The average molecular weight is 1500 g/mol. The lowest BCUT2D eigenvalue weighted by Crippen LogP contribution is -2.05. The minimum Gasteiger partial charge on any atom is -0.497 e. The monoisotopic (exact) mass is 1500 g/mol. The molecule has 0 unspecified atom stereocenters. The van der Waals surface area contributed by atoms with Crippen molar-refractivity contribution in [3.05, 3.63) is 324 Å². The first-order chi connectivity index (χ1) is 55.7. The molecule has 12 nitrogen and oxygen atoms in total. The molecule has 14 aromatic rings. The fourth-order valence-electron chi connectivity index (χ4n) is 14.3. The SMILES string of the molecule is CCC(=O)/C=C\c1cc2ccccc2c2c1OCOc1c(/C=C\C(=O)CC)cc3ccccc3c1-2.CCC(=O)/C=C\c1ccc2ccc3c(c2c1)-c1c(ccc2ccc(/C=C\C(=O)CC)cc12)OCO3.COc1ccc(C(=O)/C=C\c2ccc3ccccc3c2-c2c(/C=C\C(=O)c3ccc(OC)cc3)ccc3ccccc23)cc1. The highest BCUT2D eigenvalue weighted by atomic mass is 16.7. The summed E-state index contributed by atoms with van der Waals surface area (Å²) in [6, 6.07) is 79.7. The summed E-state index contributed by atoms with van der Waals surface area (Å²) in [7, 11) is 3.20. The second-order valence-electron chi connectivity index (χ2n) is 27.4. The van der Waals surface area contributed by atoms with Gasteiger partial charge in [-0.25, -0.2) is 0 Å². The van der Waals surface area contributed by atoms with Gasteiger partial charge in [-0.2, -0.15) is 0 Å². The number of ketones is 6. The Kier molecular flexibility index (Phi) is 23.7. The number of methoxy groups -OCH3 is 2. The summed E-state index contributed by atoms with van der Waals surface area (Å²) in [5.41, 5.74) is 12.3. The number of carbonyl (C=O) groups excluding carboxylic acids is 6. The maximum absolute atomic E-state index is 13.2. The van der Waals surface area contributed by atoms with E-state index in [9.17, 15) is 28.8 Å². The zero-order valence-corrected chi connectivity index (χ0v) is 64.2. The van der Waals surface area contributed by atoms with Gasteiger partial charge in [0.15, 0.2) is 34.7 Å². The maximum Gasteiger partial charge on any atom is 0.231 e. The predicted octanol–water partition coefficient (Wildman–Crippen LogP) is 24.2. The van der Waals surface area contributed by atoms with Crippen LogP contribution in [0.2, 0.25) is 0 Å². The molecule has 0 saturated heterocycles. The lowest BCUT2D eigenvalue weighted by atomic mass is 9.86. The molecule has 0 N–H and O–H groups in total. The number of fused-ring (bicyclic) bond motifs is 16. The van der Waals surface area contributed by atoms with Gasteiger partial charge >= 0.3 is 0 Å². The standard InChI is InChI=1S/C40H30O4.2C31H26O4/c1-43-33-21-15-29(16-22-33)37(41)25-19-31-13-11-27-7-3-5-9-35(27)39(31)40-32(14-12-28-8-4-6-10-36(28)40)20-26-38(42)30-17-23-34(44-2)24-18-30;1-3-24(32)13-7-20-5-9-22-11-15-28-30(26(22)17-20)31-27-18-21(8-14-25(33)4-2)6-10-23(27)12-16-29(31)35-19-34-28;1-3-24(32)15-13-22-17-20-9-5-7-11-26(20)28-29-27-12-8-6-10-21(27)18-23(14-16-25(33)4-2)31(29)35-19-34-30(22)28/h3-26H,1-2H3;2*5-18H,3-4,19H2,1-2H3/b25-19-,26-20-;13-7-,14-8-;15-13-,16-14-. The second-order valence-corrected chi connectivity index (χ2v) is 27.4. The van der Waals surface area contributed by atoms with Gasteiger partial charge < -0.3 is 28.4 Å². The highest BCUT2D eigenvalue weighted by Crippen LogP contribution is 2.52. The number of allylic oxidation sites excluding steroid dienone is 6. The van der Waals surface area contributed by atoms with Crippen LogP contribution in [-0.2, 0) is 19.2 Å². The first kappa shape index (κ1) is 76.7. The number of benzene rings is 14. The molecular formula is C102H82O12. The normalized spacial score (nSPS) is 12.3. The molecule has 0 saturated carbocycles. The average Bonchev–Trinajstić information content (AvgIpc) is 1.35. The Hall–Kier alpha value is -14.1. The number of ether oxygens (including phenoxy) is 6. The third kappa shape index (κ3) is 16.8. The predicted molar refractivity (Wildman–Crippen MR) is 463 cm³/mol. The Morgan fingerprint density at radius 2 is 0.605 bits per heavy atom. The lowest BCUT2D eigenvalue weighted by molar-refractivity contribution is -0.115. The van der Waals surface area contributed by atoms with Crippen molar-refractivity contribution in [2.75, 3.05) is 27.8 Å². The van der Waals surface area contributed by atoms with E-state index in [2.05, 4.69) is 84.9 Å². The van der Waals surface area contributed by atoms with Gasteiger partial charge in [-0.3, -0.25) is 28.8 Å². The van der Waals surface area contributed by atoms with Crippen molar-refractivity contribution in [2.45, 2.75) is 53.4 Å². The lowest BCUT2D eigenvalue weighted by Gasteiger charge is -2.17. The maximum atomic E-state index is 13.2. The number of rotatable bonds is 21. The van der Waals surface area contributed by atoms with Gasteiger partial charge in [0.2, 0.25) is 13.6 Å². The van der Waals surface area contributed by atoms with Crippen molar-refractivity contribution in [1.82, 2.24) is 0 Å². The number of hydrogen-bond acceptors (Lipinski definition) is 12. The van der Waals surface area contributed by atoms with Gasteiger partial charge in [0.25, 0.3) is 0 Å². The van der Waals surface area contributed by atoms with Crippen molar-refractivity contribution < 1.29 is 57.2 Å². The van der Waals surface area contributed by atoms with Crippen LogP contribution in [0.5, 0.6) is 34.5 Å². The smallest absolute Gasteiger partial charge is 0.231 e. The van der Waals surface area contributed by atoms with Crippen molar-refractivity contribution >= 4 is 136 Å². The first-order valence-electron chi connectivity index (χ1n) is 38.1. The highest BCUT2D eigenvalue weighted by molar-refractivity contribution is 6.17. The van der Waals surface area contributed by atoms with E-state index in [4.69, 9.17) is 28.4 Å². The first-order valence-corrected chi connectivity index (χ1v) is 38.1. The summed E-state index contributed by atoms with van der Waals surface area (Å²) in [6.45, 7) is 7.53. The van der Waals surface area contributed by atoms with Crippen molar-refractivity contribution in [2.24, 2.45) is 0 Å². The van der Waals surface area contributed by atoms with Crippen molar-refractivity contribution in [1.29, 1.82) is 0 Å². The molecule has 14 aromatic carbocycles. The van der Waals surface area contributed by atoms with Gasteiger partial charge in [0.05, 0.1) is 14.2 Å². The van der Waals surface area contributed by atoms with Crippen LogP contribution >= 0.6 is 0 Å². The molecule has 0 aromatic heterocycles. The van der Waals surface area contributed by atoms with Crippen LogP contribution in [0, 0.1) is 0 Å². The molecule has 2 aliphatic heterocycles. The summed E-state index contributed by atoms with van der Waals surface area (Å²) in [5, 5.41) is 12.6. The summed E-state index contributed by atoms with van der Waals surface area (Å²) < 4.78 is 34.9. The van der Waals surface area contributed by atoms with E-state index in [-0.39, 0.29) is 48.3 Å². The topological polar surface area (TPSA) is 158 Å². The number of hydrogen-bond donors (Lipinski definition) is 0. The largest absolute Gasteiger partial charge is 0.497 e. The van der Waals surface area contributed by atoms with Crippen LogP contribution in [0.25, 0.3) is 134 Å². The Balaban J connectivity index is 0.000000143. The van der Waals surface area contributed by atoms with Crippen molar-refractivity contribution in [3.8, 4) is 67.9 Å². The molecular weight excluding hydrogens is 1420 g/mol. The molecule has 0 radical (unpaired) electrons. The van der Waals surface area contributed by atoms with Gasteiger partial charge in [-0.15, -0.1) is 0 Å². The summed E-state index contributed by atoms with van der Waals surface area (Å²) in [4.78, 5) is 74.2. The highest BCUT2D eigenvalue weighted by Gasteiger charge is 2.28. The minimum absolute atomic E-state index is 0.0157. The second kappa shape index (κ2) is 35.3. The van der Waals surface area contributed by atoms with Gasteiger partial charge in [-0.1, -0.05) is 210 Å². The Morgan fingerprint density at radius 1 is 0.289 bits per heavy atom. The van der Waals surface area contributed by atoms with Crippen molar-refractivity contribution in [3.63, 3.8) is 0 Å². The molecule has 0 spiro atoms. The van der Waals surface area contributed by atoms with Crippen LogP contribution in [0.15, 0.2) is 279 Å². The molecule has 2 heterocycles. The van der Waals surface area contributed by atoms with Gasteiger partial charge in [0, 0.05) is 70.2 Å². The third-order valence-corrected chi connectivity index (χ3v) is 20.4.